The lowest BCUT2D eigenvalue weighted by Crippen LogP contribution is -2.46. The van der Waals surface area contributed by atoms with Crippen molar-refractivity contribution >= 4 is 11.9 Å². The summed E-state index contributed by atoms with van der Waals surface area (Å²) in [4.78, 5) is 25.3. The number of carboxylic acids is 1. The minimum atomic E-state index is -0.952. The summed E-state index contributed by atoms with van der Waals surface area (Å²) < 4.78 is 12.2. The van der Waals surface area contributed by atoms with Crippen LogP contribution in [0, 0.1) is 6.92 Å². The number of rotatable bonds is 6. The van der Waals surface area contributed by atoms with Crippen LogP contribution in [0.3, 0.4) is 0 Å². The smallest absolute Gasteiger partial charge is 0.306 e. The number of amides is 1. The molecule has 0 radical (unpaired) electrons. The molecule has 10 nitrogen and oxygen atoms in total. The molecule has 0 aliphatic carbocycles. The van der Waals surface area contributed by atoms with Gasteiger partial charge in [0.1, 0.15) is 0 Å². The van der Waals surface area contributed by atoms with Crippen LogP contribution in [0.2, 0.25) is 0 Å². The quantitative estimate of drug-likeness (QED) is 0.783. The average Bonchev–Trinajstić information content (AvgIpc) is 3.03. The summed E-state index contributed by atoms with van der Waals surface area (Å²) >= 11 is 0. The number of hydrogen-bond acceptors (Lipinski definition) is 7. The molecule has 27 heavy (non-hydrogen) atoms. The predicted octanol–water partition coefficient (Wildman–Crippen LogP) is 0.685. The zero-order valence-corrected chi connectivity index (χ0v) is 15.2. The molecule has 1 fully saturated rings. The van der Waals surface area contributed by atoms with E-state index in [9.17, 15) is 9.59 Å². The third kappa shape index (κ3) is 4.22. The highest BCUT2D eigenvalue weighted by molar-refractivity contribution is 5.95. The van der Waals surface area contributed by atoms with Crippen molar-refractivity contribution in [1.82, 2.24) is 24.9 Å². The van der Waals surface area contributed by atoms with Crippen LogP contribution in [0.1, 0.15) is 29.4 Å². The van der Waals surface area contributed by atoms with E-state index < -0.39 is 12.1 Å². The average molecular weight is 375 g/mol. The number of hydrogen-bond donors (Lipinski definition) is 1. The van der Waals surface area contributed by atoms with E-state index >= 15 is 0 Å². The molecule has 1 atom stereocenters. The van der Waals surface area contributed by atoms with Gasteiger partial charge in [-0.25, -0.2) is 4.68 Å². The van der Waals surface area contributed by atoms with E-state index in [1.165, 1.54) is 10.9 Å². The third-order valence-corrected chi connectivity index (χ3v) is 4.20. The minimum absolute atomic E-state index is 0.135. The molecular formula is C17H21N5O5. The Bertz CT molecular complexity index is 820. The summed E-state index contributed by atoms with van der Waals surface area (Å²) in [6.07, 6.45) is 0.842. The standard InChI is InChI=1S/C17H21N5O5/c1-3-26-15-5-4-14(19-20-15)22-11(2)13(9-18-22)17(25)21-6-7-27-12(10-21)8-16(23)24/h4-5,9,12H,3,6-8,10H2,1-2H3,(H,23,24)/t12-/m1/s1. The summed E-state index contributed by atoms with van der Waals surface area (Å²) in [6.45, 7) is 5.07. The third-order valence-electron chi connectivity index (χ3n) is 4.20. The van der Waals surface area contributed by atoms with Crippen LogP contribution in [0.15, 0.2) is 18.3 Å². The van der Waals surface area contributed by atoms with Crippen LogP contribution in [-0.4, -0.2) is 74.3 Å². The normalized spacial score (nSPS) is 17.0. The Labute approximate surface area is 155 Å². The molecule has 0 aromatic carbocycles. The van der Waals surface area contributed by atoms with Gasteiger partial charge in [0.15, 0.2) is 5.82 Å². The first-order chi connectivity index (χ1) is 13.0. The maximum Gasteiger partial charge on any atom is 0.306 e. The highest BCUT2D eigenvalue weighted by Gasteiger charge is 2.28. The Balaban J connectivity index is 1.76. The van der Waals surface area contributed by atoms with E-state index in [2.05, 4.69) is 15.3 Å². The number of carboxylic acid groups (broad SMARTS) is 1. The van der Waals surface area contributed by atoms with Gasteiger partial charge in [-0.1, -0.05) is 0 Å². The highest BCUT2D eigenvalue weighted by Crippen LogP contribution is 2.18. The number of morpholine rings is 1. The van der Waals surface area contributed by atoms with Crippen molar-refractivity contribution in [2.45, 2.75) is 26.4 Å². The van der Waals surface area contributed by atoms with Crippen molar-refractivity contribution in [3.63, 3.8) is 0 Å². The molecule has 1 saturated heterocycles. The van der Waals surface area contributed by atoms with E-state index in [-0.39, 0.29) is 18.9 Å². The van der Waals surface area contributed by atoms with Gasteiger partial charge in [-0.2, -0.15) is 5.10 Å². The SMILES string of the molecule is CCOc1ccc(-n2ncc(C(=O)N3CCO[C@H](CC(=O)O)C3)c2C)nn1. The minimum Gasteiger partial charge on any atom is -0.481 e. The van der Waals surface area contributed by atoms with Gasteiger partial charge in [0.05, 0.1) is 43.2 Å². The van der Waals surface area contributed by atoms with Gasteiger partial charge in [-0.15, -0.1) is 10.2 Å². The second-order valence-corrected chi connectivity index (χ2v) is 6.06. The molecule has 144 valence electrons. The lowest BCUT2D eigenvalue weighted by molar-refractivity contribution is -0.141. The van der Waals surface area contributed by atoms with Crippen LogP contribution >= 0.6 is 0 Å². The van der Waals surface area contributed by atoms with E-state index in [1.807, 2.05) is 6.92 Å². The summed E-state index contributed by atoms with van der Waals surface area (Å²) in [7, 11) is 0. The summed E-state index contributed by atoms with van der Waals surface area (Å²) in [5.41, 5.74) is 1.06. The van der Waals surface area contributed by atoms with E-state index in [0.29, 0.717) is 42.7 Å². The Morgan fingerprint density at radius 1 is 1.37 bits per heavy atom. The maximum atomic E-state index is 12.8. The molecule has 3 rings (SSSR count). The molecule has 3 heterocycles. The van der Waals surface area contributed by atoms with E-state index in [0.717, 1.165) is 0 Å². The molecule has 1 aliphatic rings. The molecule has 1 amide bonds. The second kappa shape index (κ2) is 8.12. The summed E-state index contributed by atoms with van der Waals surface area (Å²) in [6, 6.07) is 3.40. The Morgan fingerprint density at radius 2 is 2.19 bits per heavy atom. The zero-order valence-electron chi connectivity index (χ0n) is 15.2. The van der Waals surface area contributed by atoms with Gasteiger partial charge in [-0.3, -0.25) is 9.59 Å². The topological polar surface area (TPSA) is 120 Å². The van der Waals surface area contributed by atoms with Crippen LogP contribution in [0.5, 0.6) is 5.88 Å². The maximum absolute atomic E-state index is 12.8. The monoisotopic (exact) mass is 375 g/mol. The Kier molecular flexibility index (Phi) is 5.65. The Hall–Kier alpha value is -3.01. The summed E-state index contributed by atoms with van der Waals surface area (Å²) in [5, 5.41) is 21.2. The van der Waals surface area contributed by atoms with E-state index in [4.69, 9.17) is 14.6 Å². The number of aliphatic carboxylic acids is 1. The molecule has 0 saturated carbocycles. The molecule has 0 spiro atoms. The first-order valence-corrected chi connectivity index (χ1v) is 8.63. The van der Waals surface area contributed by atoms with Gasteiger partial charge in [0.25, 0.3) is 5.91 Å². The number of carbonyl (C=O) groups is 2. The fourth-order valence-corrected chi connectivity index (χ4v) is 2.89. The molecular weight excluding hydrogens is 354 g/mol. The predicted molar refractivity (Wildman–Crippen MR) is 93.0 cm³/mol. The van der Waals surface area contributed by atoms with Crippen LogP contribution in [0.25, 0.3) is 5.82 Å². The number of aromatic nitrogens is 4. The van der Waals surface area contributed by atoms with Crippen molar-refractivity contribution in [3.8, 4) is 11.7 Å². The van der Waals surface area contributed by atoms with E-state index in [1.54, 1.807) is 24.0 Å². The van der Waals surface area contributed by atoms with Gasteiger partial charge in [0.2, 0.25) is 5.88 Å². The molecule has 10 heteroatoms. The van der Waals surface area contributed by atoms with Crippen molar-refractivity contribution < 1.29 is 24.2 Å². The number of carbonyl (C=O) groups excluding carboxylic acids is 1. The molecule has 2 aromatic rings. The largest absolute Gasteiger partial charge is 0.481 e. The van der Waals surface area contributed by atoms with Gasteiger partial charge in [-0.05, 0) is 19.9 Å². The molecule has 1 N–H and O–H groups in total. The van der Waals surface area contributed by atoms with Crippen molar-refractivity contribution in [2.75, 3.05) is 26.3 Å². The van der Waals surface area contributed by atoms with Gasteiger partial charge < -0.3 is 19.5 Å². The number of nitrogens with zero attached hydrogens (tertiary/aromatic N) is 5. The van der Waals surface area contributed by atoms with Crippen LogP contribution in [-0.2, 0) is 9.53 Å². The summed E-state index contributed by atoms with van der Waals surface area (Å²) in [5.74, 6) is -0.274. The van der Waals surface area contributed by atoms with Crippen LogP contribution < -0.4 is 4.74 Å². The molecule has 0 bridgehead atoms. The fraction of sp³-hybridized carbons (Fsp3) is 0.471. The Morgan fingerprint density at radius 3 is 2.85 bits per heavy atom. The van der Waals surface area contributed by atoms with Gasteiger partial charge >= 0.3 is 5.97 Å². The van der Waals surface area contributed by atoms with Crippen LogP contribution in [0.4, 0.5) is 0 Å². The van der Waals surface area contributed by atoms with Crippen molar-refractivity contribution in [3.05, 3.63) is 29.6 Å². The second-order valence-electron chi connectivity index (χ2n) is 6.06. The zero-order chi connectivity index (χ0) is 19.4. The first-order valence-electron chi connectivity index (χ1n) is 8.63. The van der Waals surface area contributed by atoms with Crippen molar-refractivity contribution in [2.24, 2.45) is 0 Å². The fourth-order valence-electron chi connectivity index (χ4n) is 2.89. The lowest BCUT2D eigenvalue weighted by Gasteiger charge is -2.32. The number of ether oxygens (including phenoxy) is 2. The molecule has 0 unspecified atom stereocenters. The van der Waals surface area contributed by atoms with Crippen molar-refractivity contribution in [1.29, 1.82) is 0 Å². The first kappa shape index (κ1) is 18.8. The van der Waals surface area contributed by atoms with Gasteiger partial charge in [0, 0.05) is 19.2 Å². The molecule has 2 aromatic heterocycles. The lowest BCUT2D eigenvalue weighted by atomic mass is 10.1. The molecule has 1 aliphatic heterocycles. The highest BCUT2D eigenvalue weighted by atomic mass is 16.5.